The molecule has 3 heterocycles. The lowest BCUT2D eigenvalue weighted by Crippen LogP contribution is -2.21. The molecule has 9 heteroatoms. The molecule has 3 aromatic heterocycles. The molecule has 0 spiro atoms. The van der Waals surface area contributed by atoms with E-state index in [0.29, 0.717) is 11.6 Å². The van der Waals surface area contributed by atoms with Crippen LogP contribution in [0.1, 0.15) is 14.6 Å². The number of rotatable bonds is 4. The largest absolute Gasteiger partial charge is 0.491 e. The highest BCUT2D eigenvalue weighted by atomic mass is 35.5. The molecule has 23 heavy (non-hydrogen) atoms. The summed E-state index contributed by atoms with van der Waals surface area (Å²) in [5.41, 5.74) is 0.629. The highest BCUT2D eigenvalue weighted by molar-refractivity contribution is 6.29. The highest BCUT2D eigenvalue weighted by Crippen LogP contribution is 2.31. The van der Waals surface area contributed by atoms with Gasteiger partial charge in [-0.15, -0.1) is 10.2 Å². The van der Waals surface area contributed by atoms with Crippen LogP contribution in [0.25, 0.3) is 5.52 Å². The lowest BCUT2D eigenvalue weighted by Gasteiger charge is -2.13. The topological polar surface area (TPSA) is 93.4 Å². The fourth-order valence-corrected chi connectivity index (χ4v) is 2.24. The molecule has 0 bridgehead atoms. The van der Waals surface area contributed by atoms with E-state index in [1.54, 1.807) is 16.9 Å². The third-order valence-electron chi connectivity index (χ3n) is 3.09. The van der Waals surface area contributed by atoms with Crippen molar-refractivity contribution >= 4 is 34.5 Å². The van der Waals surface area contributed by atoms with Gasteiger partial charge in [0.25, 0.3) is 5.91 Å². The Morgan fingerprint density at radius 3 is 3.13 bits per heavy atom. The highest BCUT2D eigenvalue weighted by Gasteiger charge is 2.17. The van der Waals surface area contributed by atoms with E-state index in [1.807, 2.05) is 17.4 Å². The van der Waals surface area contributed by atoms with E-state index in [1.165, 1.54) is 13.2 Å². The van der Waals surface area contributed by atoms with Crippen LogP contribution in [0.4, 0.5) is 11.5 Å². The van der Waals surface area contributed by atoms with Crippen molar-refractivity contribution < 1.29 is 13.6 Å². The Morgan fingerprint density at radius 2 is 2.35 bits per heavy atom. The standard InChI is InChI=1S/C14H13ClN6O2/c1-16-14(22)11-8(6-10(15)19-20-11)18-13-12(23-2)9-4-3-5-21(9)7-17-13/h3-7H,1-2H3,(H,16,22)(H,18,19)/i1D3. The third kappa shape index (κ3) is 2.76. The Morgan fingerprint density at radius 1 is 1.48 bits per heavy atom. The molecule has 3 aromatic rings. The molecule has 2 N–H and O–H groups in total. The smallest absolute Gasteiger partial charge is 0.273 e. The molecular formula is C14H13ClN6O2. The van der Waals surface area contributed by atoms with E-state index < -0.39 is 12.9 Å². The number of methoxy groups -OCH3 is 1. The maximum atomic E-state index is 12.2. The SMILES string of the molecule is [2H]C([2H])([2H])NC(=O)c1nnc(Cl)cc1Nc1ncn2cccc2c1OC. The van der Waals surface area contributed by atoms with Gasteiger partial charge in [-0.25, -0.2) is 4.98 Å². The van der Waals surface area contributed by atoms with Crippen LogP contribution >= 0.6 is 11.6 Å². The average Bonchev–Trinajstić information content (AvgIpc) is 3.01. The van der Waals surface area contributed by atoms with Crippen LogP contribution in [0.2, 0.25) is 5.15 Å². The van der Waals surface area contributed by atoms with Gasteiger partial charge in [0.1, 0.15) is 6.33 Å². The fraction of sp³-hybridized carbons (Fsp3) is 0.143. The van der Waals surface area contributed by atoms with Gasteiger partial charge < -0.3 is 19.8 Å². The maximum Gasteiger partial charge on any atom is 0.273 e. The van der Waals surface area contributed by atoms with Crippen molar-refractivity contribution in [2.24, 2.45) is 0 Å². The quantitative estimate of drug-likeness (QED) is 0.756. The molecule has 0 aromatic carbocycles. The summed E-state index contributed by atoms with van der Waals surface area (Å²) in [5, 5.41) is 12.0. The summed E-state index contributed by atoms with van der Waals surface area (Å²) < 4.78 is 28.6. The first-order valence-electron chi connectivity index (χ1n) is 7.91. The molecule has 0 fully saturated rings. The van der Waals surface area contributed by atoms with Crippen molar-refractivity contribution in [1.29, 1.82) is 0 Å². The number of amides is 1. The predicted molar refractivity (Wildman–Crippen MR) is 85.5 cm³/mol. The van der Waals surface area contributed by atoms with E-state index in [0.717, 1.165) is 5.52 Å². The summed E-state index contributed by atoms with van der Waals surface area (Å²) in [5.74, 6) is -0.210. The number of anilines is 2. The summed E-state index contributed by atoms with van der Waals surface area (Å²) in [6.45, 7) is -2.67. The number of halogens is 1. The van der Waals surface area contributed by atoms with Crippen LogP contribution in [0, 0.1) is 0 Å². The van der Waals surface area contributed by atoms with Gasteiger partial charge >= 0.3 is 0 Å². The normalized spacial score (nSPS) is 13.0. The Labute approximate surface area is 140 Å². The van der Waals surface area contributed by atoms with Crippen LogP contribution in [0.5, 0.6) is 5.75 Å². The van der Waals surface area contributed by atoms with E-state index in [4.69, 9.17) is 20.5 Å². The first-order chi connectivity index (χ1) is 12.3. The third-order valence-corrected chi connectivity index (χ3v) is 3.27. The molecule has 0 unspecified atom stereocenters. The Kier molecular flexibility index (Phi) is 3.09. The fourth-order valence-electron chi connectivity index (χ4n) is 2.09. The number of carbonyl (C=O) groups excluding carboxylic acids is 1. The minimum atomic E-state index is -2.67. The van der Waals surface area contributed by atoms with Crippen molar-refractivity contribution in [3.05, 3.63) is 41.6 Å². The minimum absolute atomic E-state index is 0.0145. The Bertz CT molecular complexity index is 975. The molecule has 0 atom stereocenters. The van der Waals surface area contributed by atoms with E-state index in [9.17, 15) is 4.79 Å². The summed E-state index contributed by atoms with van der Waals surface area (Å²) in [6, 6.07) is 4.99. The monoisotopic (exact) mass is 335 g/mol. The molecule has 0 aliphatic rings. The van der Waals surface area contributed by atoms with Crippen molar-refractivity contribution in [1.82, 2.24) is 24.9 Å². The van der Waals surface area contributed by atoms with Crippen molar-refractivity contribution in [2.45, 2.75) is 0 Å². The van der Waals surface area contributed by atoms with E-state index in [2.05, 4.69) is 20.5 Å². The second kappa shape index (κ2) is 6.09. The predicted octanol–water partition coefficient (Wildman–Crippen LogP) is 1.89. The van der Waals surface area contributed by atoms with Gasteiger partial charge in [-0.1, -0.05) is 11.6 Å². The molecule has 3 rings (SSSR count). The summed E-state index contributed by atoms with van der Waals surface area (Å²) in [4.78, 5) is 16.4. The van der Waals surface area contributed by atoms with Crippen LogP contribution in [-0.4, -0.2) is 39.6 Å². The van der Waals surface area contributed by atoms with Gasteiger partial charge in [-0.3, -0.25) is 4.79 Å². The average molecular weight is 336 g/mol. The molecule has 0 saturated carbocycles. The summed E-state index contributed by atoms with van der Waals surface area (Å²) >= 11 is 5.86. The van der Waals surface area contributed by atoms with Crippen molar-refractivity contribution in [3.63, 3.8) is 0 Å². The first kappa shape index (κ1) is 11.7. The Hall–Kier alpha value is -2.87. The summed E-state index contributed by atoms with van der Waals surface area (Å²) in [6.07, 6.45) is 3.35. The number of fused-ring (bicyclic) bond motifs is 1. The molecule has 0 radical (unpaired) electrons. The van der Waals surface area contributed by atoms with Gasteiger partial charge in [-0.2, -0.15) is 0 Å². The lowest BCUT2D eigenvalue weighted by atomic mass is 10.3. The molecule has 0 aliphatic carbocycles. The van der Waals surface area contributed by atoms with Gasteiger partial charge in [0, 0.05) is 23.4 Å². The zero-order valence-corrected chi connectivity index (χ0v) is 12.6. The molecule has 0 saturated heterocycles. The first-order valence-corrected chi connectivity index (χ1v) is 6.79. The van der Waals surface area contributed by atoms with Crippen LogP contribution < -0.4 is 15.4 Å². The van der Waals surface area contributed by atoms with Crippen LogP contribution in [0.3, 0.4) is 0 Å². The number of ether oxygens (including phenoxy) is 1. The van der Waals surface area contributed by atoms with E-state index >= 15 is 0 Å². The number of nitrogens with zero attached hydrogens (tertiary/aromatic N) is 4. The van der Waals surface area contributed by atoms with Gasteiger partial charge in [0.2, 0.25) is 0 Å². The zero-order valence-electron chi connectivity index (χ0n) is 14.9. The number of hydrogen-bond donors (Lipinski definition) is 2. The van der Waals surface area contributed by atoms with Gasteiger partial charge in [-0.05, 0) is 12.1 Å². The van der Waals surface area contributed by atoms with Gasteiger partial charge in [0.15, 0.2) is 22.4 Å². The number of hydrogen-bond acceptors (Lipinski definition) is 6. The molecular weight excluding hydrogens is 320 g/mol. The van der Waals surface area contributed by atoms with E-state index in [-0.39, 0.29) is 16.5 Å². The number of carbonyl (C=O) groups is 1. The molecule has 118 valence electrons. The lowest BCUT2D eigenvalue weighted by molar-refractivity contribution is 0.0958. The second-order valence-electron chi connectivity index (χ2n) is 4.44. The van der Waals surface area contributed by atoms with Gasteiger partial charge in [0.05, 0.1) is 18.3 Å². The molecule has 0 aliphatic heterocycles. The summed E-state index contributed by atoms with van der Waals surface area (Å²) in [7, 11) is 1.48. The van der Waals surface area contributed by atoms with Crippen molar-refractivity contribution in [3.8, 4) is 5.75 Å². The molecule has 8 nitrogen and oxygen atoms in total. The number of nitrogens with one attached hydrogen (secondary N) is 2. The van der Waals surface area contributed by atoms with Crippen LogP contribution in [-0.2, 0) is 0 Å². The number of aromatic nitrogens is 4. The van der Waals surface area contributed by atoms with Crippen LogP contribution in [0.15, 0.2) is 30.7 Å². The zero-order chi connectivity index (χ0) is 18.9. The minimum Gasteiger partial charge on any atom is -0.491 e. The van der Waals surface area contributed by atoms with Crippen molar-refractivity contribution in [2.75, 3.05) is 19.4 Å². The second-order valence-corrected chi connectivity index (χ2v) is 4.82. The molecule has 1 amide bonds. The maximum absolute atomic E-state index is 12.2. The Balaban J connectivity index is 2.02.